The Bertz CT molecular complexity index is 596. The Kier molecular flexibility index (Phi) is 4.80. The smallest absolute Gasteiger partial charge is 0.130 e. The minimum atomic E-state index is -0.547. The maximum atomic E-state index is 13.9. The van der Waals surface area contributed by atoms with Crippen molar-refractivity contribution in [3.63, 3.8) is 0 Å². The van der Waals surface area contributed by atoms with E-state index in [2.05, 4.69) is 15.3 Å². The first kappa shape index (κ1) is 15.3. The molecule has 4 nitrogen and oxygen atoms in total. The lowest BCUT2D eigenvalue weighted by Crippen LogP contribution is -2.28. The molecule has 0 aliphatic heterocycles. The van der Waals surface area contributed by atoms with E-state index in [0.717, 1.165) is 5.69 Å². The van der Waals surface area contributed by atoms with Crippen LogP contribution in [0.3, 0.4) is 0 Å². The molecule has 1 atom stereocenters. The number of rotatable bonds is 5. The molecular formula is C15H18F2N4. The maximum absolute atomic E-state index is 13.9. The summed E-state index contributed by atoms with van der Waals surface area (Å²) in [6, 6.07) is 5.24. The van der Waals surface area contributed by atoms with Gasteiger partial charge in [0.25, 0.3) is 0 Å². The van der Waals surface area contributed by atoms with Crippen LogP contribution in [0.15, 0.2) is 30.6 Å². The monoisotopic (exact) mass is 292 g/mol. The second-order valence-electron chi connectivity index (χ2n) is 5.04. The van der Waals surface area contributed by atoms with Crippen molar-refractivity contribution >= 4 is 5.82 Å². The largest absolute Gasteiger partial charge is 0.368 e. The molecule has 0 saturated carbocycles. The van der Waals surface area contributed by atoms with Gasteiger partial charge in [0, 0.05) is 23.9 Å². The standard InChI is InChI=1S/C15H18F2N4/c1-10-7-14(20-9-19-10)18-8-13(21(2)3)15-11(16)5-4-6-12(15)17/h4-7,9,13H,8H2,1-3H3,(H,18,19,20). The molecule has 21 heavy (non-hydrogen) atoms. The molecule has 112 valence electrons. The second kappa shape index (κ2) is 6.58. The number of halogens is 2. The molecule has 2 aromatic rings. The molecule has 6 heteroatoms. The van der Waals surface area contributed by atoms with Crippen LogP contribution in [0.5, 0.6) is 0 Å². The third kappa shape index (κ3) is 3.72. The van der Waals surface area contributed by atoms with Gasteiger partial charge in [-0.2, -0.15) is 0 Å². The van der Waals surface area contributed by atoms with Crippen LogP contribution in [0.1, 0.15) is 17.3 Å². The van der Waals surface area contributed by atoms with E-state index in [1.807, 2.05) is 6.92 Å². The van der Waals surface area contributed by atoms with E-state index in [0.29, 0.717) is 12.4 Å². The number of hydrogen-bond acceptors (Lipinski definition) is 4. The van der Waals surface area contributed by atoms with Crippen LogP contribution < -0.4 is 5.32 Å². The van der Waals surface area contributed by atoms with Crippen molar-refractivity contribution in [3.05, 3.63) is 53.5 Å². The van der Waals surface area contributed by atoms with Crippen molar-refractivity contribution in [2.45, 2.75) is 13.0 Å². The molecule has 0 saturated heterocycles. The van der Waals surface area contributed by atoms with Crippen molar-refractivity contribution in [1.82, 2.24) is 14.9 Å². The van der Waals surface area contributed by atoms with Gasteiger partial charge in [-0.15, -0.1) is 0 Å². The van der Waals surface area contributed by atoms with E-state index in [9.17, 15) is 8.78 Å². The summed E-state index contributed by atoms with van der Waals surface area (Å²) in [5.74, 6) is -0.463. The number of likely N-dealkylation sites (N-methyl/N-ethyl adjacent to an activating group) is 1. The molecule has 0 aliphatic rings. The topological polar surface area (TPSA) is 41.0 Å². The summed E-state index contributed by atoms with van der Waals surface area (Å²) in [4.78, 5) is 9.85. The molecule has 0 amide bonds. The number of aromatic nitrogens is 2. The Hall–Kier alpha value is -2.08. The molecule has 0 aliphatic carbocycles. The Morgan fingerprint density at radius 3 is 2.43 bits per heavy atom. The molecule has 0 fully saturated rings. The Morgan fingerprint density at radius 1 is 1.19 bits per heavy atom. The van der Waals surface area contributed by atoms with E-state index in [1.54, 1.807) is 25.1 Å². The van der Waals surface area contributed by atoms with Gasteiger partial charge in [-0.1, -0.05) is 6.07 Å². The van der Waals surface area contributed by atoms with Gasteiger partial charge in [-0.05, 0) is 33.2 Å². The number of nitrogens with one attached hydrogen (secondary N) is 1. The summed E-state index contributed by atoms with van der Waals surface area (Å²) in [5.41, 5.74) is 0.881. The van der Waals surface area contributed by atoms with Crippen LogP contribution in [0.25, 0.3) is 0 Å². The normalized spacial score (nSPS) is 12.5. The summed E-state index contributed by atoms with van der Waals surface area (Å²) in [6.45, 7) is 2.19. The minimum absolute atomic E-state index is 0.0563. The van der Waals surface area contributed by atoms with Crippen LogP contribution in [-0.4, -0.2) is 35.5 Å². The van der Waals surface area contributed by atoms with Gasteiger partial charge in [0.2, 0.25) is 0 Å². The first-order valence-corrected chi connectivity index (χ1v) is 6.62. The summed E-state index contributed by atoms with van der Waals surface area (Å²) in [7, 11) is 3.56. The molecule has 0 spiro atoms. The fraction of sp³-hybridized carbons (Fsp3) is 0.333. The predicted octanol–water partition coefficient (Wildman–Crippen LogP) is 2.78. The van der Waals surface area contributed by atoms with Gasteiger partial charge in [0.05, 0.1) is 6.04 Å². The van der Waals surface area contributed by atoms with Crippen LogP contribution >= 0.6 is 0 Å². The molecular weight excluding hydrogens is 274 g/mol. The summed E-state index contributed by atoms with van der Waals surface area (Å²) in [6.07, 6.45) is 1.45. The highest BCUT2D eigenvalue weighted by Crippen LogP contribution is 2.24. The van der Waals surface area contributed by atoms with Crippen LogP contribution in [0.2, 0.25) is 0 Å². The van der Waals surface area contributed by atoms with E-state index < -0.39 is 17.7 Å². The molecule has 1 aromatic carbocycles. The summed E-state index contributed by atoms with van der Waals surface area (Å²) < 4.78 is 27.9. The highest BCUT2D eigenvalue weighted by Gasteiger charge is 2.22. The zero-order chi connectivity index (χ0) is 15.4. The van der Waals surface area contributed by atoms with Crippen molar-refractivity contribution in [1.29, 1.82) is 0 Å². The van der Waals surface area contributed by atoms with E-state index >= 15 is 0 Å². The number of aryl methyl sites for hydroxylation is 1. The fourth-order valence-corrected chi connectivity index (χ4v) is 2.12. The van der Waals surface area contributed by atoms with Crippen LogP contribution in [-0.2, 0) is 0 Å². The number of hydrogen-bond donors (Lipinski definition) is 1. The molecule has 1 unspecified atom stereocenters. The highest BCUT2D eigenvalue weighted by molar-refractivity contribution is 5.35. The molecule has 1 aromatic heterocycles. The van der Waals surface area contributed by atoms with E-state index in [-0.39, 0.29) is 5.56 Å². The fourth-order valence-electron chi connectivity index (χ4n) is 2.12. The minimum Gasteiger partial charge on any atom is -0.368 e. The van der Waals surface area contributed by atoms with Gasteiger partial charge in [-0.25, -0.2) is 18.7 Å². The number of benzene rings is 1. The molecule has 2 rings (SSSR count). The maximum Gasteiger partial charge on any atom is 0.130 e. The molecule has 0 bridgehead atoms. The zero-order valence-electron chi connectivity index (χ0n) is 12.3. The van der Waals surface area contributed by atoms with Crippen molar-refractivity contribution in [2.75, 3.05) is 26.0 Å². The quantitative estimate of drug-likeness (QED) is 0.920. The molecule has 0 radical (unpaired) electrons. The first-order valence-electron chi connectivity index (χ1n) is 6.62. The Labute approximate surface area is 122 Å². The van der Waals surface area contributed by atoms with E-state index in [4.69, 9.17) is 0 Å². The molecule has 1 heterocycles. The van der Waals surface area contributed by atoms with Crippen molar-refractivity contribution in [3.8, 4) is 0 Å². The van der Waals surface area contributed by atoms with Gasteiger partial charge >= 0.3 is 0 Å². The number of nitrogens with zero attached hydrogens (tertiary/aromatic N) is 3. The zero-order valence-corrected chi connectivity index (χ0v) is 12.3. The second-order valence-corrected chi connectivity index (χ2v) is 5.04. The van der Waals surface area contributed by atoms with E-state index in [1.165, 1.54) is 24.5 Å². The summed E-state index contributed by atoms with van der Waals surface area (Å²) in [5, 5.41) is 3.09. The Balaban J connectivity index is 2.20. The average molecular weight is 292 g/mol. The average Bonchev–Trinajstić information content (AvgIpc) is 2.41. The highest BCUT2D eigenvalue weighted by atomic mass is 19.1. The van der Waals surface area contributed by atoms with Gasteiger partial charge in [0.1, 0.15) is 23.8 Å². The number of anilines is 1. The van der Waals surface area contributed by atoms with Crippen LogP contribution in [0.4, 0.5) is 14.6 Å². The third-order valence-electron chi connectivity index (χ3n) is 3.24. The third-order valence-corrected chi connectivity index (χ3v) is 3.24. The lowest BCUT2D eigenvalue weighted by Gasteiger charge is -2.26. The predicted molar refractivity (Wildman–Crippen MR) is 78.0 cm³/mol. The lowest BCUT2D eigenvalue weighted by atomic mass is 10.0. The molecule has 1 N–H and O–H groups in total. The van der Waals surface area contributed by atoms with Crippen molar-refractivity contribution < 1.29 is 8.78 Å². The Morgan fingerprint density at radius 2 is 1.86 bits per heavy atom. The van der Waals surface area contributed by atoms with Crippen LogP contribution in [0, 0.1) is 18.6 Å². The van der Waals surface area contributed by atoms with Crippen molar-refractivity contribution in [2.24, 2.45) is 0 Å². The SMILES string of the molecule is Cc1cc(NCC(c2c(F)cccc2F)N(C)C)ncn1. The van der Waals surface area contributed by atoms with Gasteiger partial charge in [0.15, 0.2) is 0 Å². The van der Waals surface area contributed by atoms with Gasteiger partial charge in [-0.3, -0.25) is 0 Å². The van der Waals surface area contributed by atoms with Gasteiger partial charge < -0.3 is 10.2 Å². The summed E-state index contributed by atoms with van der Waals surface area (Å²) >= 11 is 0. The first-order chi connectivity index (χ1) is 9.99. The lowest BCUT2D eigenvalue weighted by molar-refractivity contribution is 0.295.